The van der Waals surface area contributed by atoms with Crippen LogP contribution in [0.3, 0.4) is 0 Å². The van der Waals surface area contributed by atoms with Crippen molar-refractivity contribution in [2.75, 3.05) is 0 Å². The molecule has 78 valence electrons. The van der Waals surface area contributed by atoms with Crippen LogP contribution in [0.4, 0.5) is 22.0 Å². The van der Waals surface area contributed by atoms with Crippen LogP contribution in [0.25, 0.3) is 0 Å². The molecule has 0 atom stereocenters. The molecule has 0 aliphatic heterocycles. The predicted molar refractivity (Wildman–Crippen MR) is 39.4 cm³/mol. The van der Waals surface area contributed by atoms with Crippen molar-refractivity contribution in [3.8, 4) is 0 Å². The lowest BCUT2D eigenvalue weighted by molar-refractivity contribution is -0.141. The van der Waals surface area contributed by atoms with E-state index in [1.165, 1.54) is 0 Å². The molecule has 0 spiro atoms. The highest BCUT2D eigenvalue weighted by atomic mass is 32.1. The van der Waals surface area contributed by atoms with E-state index in [1.807, 2.05) is 4.98 Å². The normalized spacial score (nSPS) is 12.1. The van der Waals surface area contributed by atoms with E-state index in [-0.39, 0.29) is 6.07 Å². The summed E-state index contributed by atoms with van der Waals surface area (Å²) in [4.78, 5) is 4.76. The van der Waals surface area contributed by atoms with Crippen molar-refractivity contribution in [3.63, 3.8) is 0 Å². The molecule has 0 aromatic carbocycles. The summed E-state index contributed by atoms with van der Waals surface area (Å²) in [6, 6.07) is 0.237. The Morgan fingerprint density at radius 3 is 2.36 bits per heavy atom. The topological polar surface area (TPSA) is 28.7 Å². The molecule has 0 saturated heterocycles. The Kier molecular flexibility index (Phi) is 2.84. The van der Waals surface area contributed by atoms with Gasteiger partial charge >= 0.3 is 6.18 Å². The smallest absolute Gasteiger partial charge is 0.329 e. The number of H-pyrrole nitrogens is 1. The number of halogens is 5. The molecule has 2 nitrogen and oxygen atoms in total. The fourth-order valence-corrected chi connectivity index (χ4v) is 0.955. The molecule has 1 rings (SSSR count). The summed E-state index contributed by atoms with van der Waals surface area (Å²) in [5, 5.41) is 0. The first-order valence-corrected chi connectivity index (χ1v) is 3.68. The summed E-state index contributed by atoms with van der Waals surface area (Å²) in [5.41, 5.74) is -2.31. The van der Waals surface area contributed by atoms with Crippen LogP contribution in [0.5, 0.6) is 0 Å². The summed E-state index contributed by atoms with van der Waals surface area (Å²) >= 11 is 4.28. The summed E-state index contributed by atoms with van der Waals surface area (Å²) in [6.07, 6.45) is -7.81. The number of nitrogens with one attached hydrogen (secondary N) is 1. The molecule has 1 aromatic heterocycles. The first-order valence-electron chi connectivity index (χ1n) is 3.27. The van der Waals surface area contributed by atoms with E-state index in [0.717, 1.165) is 0 Å². The maximum absolute atomic E-state index is 12.0. The van der Waals surface area contributed by atoms with E-state index in [4.69, 9.17) is 0 Å². The van der Waals surface area contributed by atoms with Gasteiger partial charge in [-0.3, -0.25) is 0 Å². The molecule has 0 amide bonds. The molecule has 0 aliphatic carbocycles. The minimum atomic E-state index is -4.77. The highest BCUT2D eigenvalue weighted by Gasteiger charge is 2.33. The van der Waals surface area contributed by atoms with Gasteiger partial charge in [0.05, 0.1) is 5.69 Å². The Labute approximate surface area is 79.8 Å². The highest BCUT2D eigenvalue weighted by molar-refractivity contribution is 7.71. The van der Waals surface area contributed by atoms with Gasteiger partial charge in [-0.15, -0.1) is 0 Å². The van der Waals surface area contributed by atoms with Gasteiger partial charge in [-0.25, -0.2) is 13.8 Å². The molecule has 0 saturated carbocycles. The Hall–Kier alpha value is -1.05. The Morgan fingerprint density at radius 2 is 1.93 bits per heavy atom. The SMILES string of the molecule is FC(F)c1cc(C(F)(F)F)nc(=S)[nH]1. The monoisotopic (exact) mass is 230 g/mol. The van der Waals surface area contributed by atoms with Crippen molar-refractivity contribution in [1.82, 2.24) is 9.97 Å². The summed E-state index contributed by atoms with van der Waals surface area (Å²) in [5.74, 6) is 0. The molecule has 0 fully saturated rings. The lowest BCUT2D eigenvalue weighted by Gasteiger charge is -2.06. The third kappa shape index (κ3) is 2.47. The van der Waals surface area contributed by atoms with Crippen molar-refractivity contribution in [2.45, 2.75) is 12.6 Å². The molecule has 1 heterocycles. The average molecular weight is 230 g/mol. The summed E-state index contributed by atoms with van der Waals surface area (Å²) in [7, 11) is 0. The number of nitrogens with zero attached hydrogens (tertiary/aromatic N) is 1. The van der Waals surface area contributed by atoms with Gasteiger partial charge in [-0.1, -0.05) is 0 Å². The van der Waals surface area contributed by atoms with Crippen LogP contribution in [0.2, 0.25) is 0 Å². The molecule has 0 bridgehead atoms. The highest BCUT2D eigenvalue weighted by Crippen LogP contribution is 2.29. The van der Waals surface area contributed by atoms with Gasteiger partial charge < -0.3 is 4.98 Å². The van der Waals surface area contributed by atoms with Crippen LogP contribution in [0.15, 0.2) is 6.07 Å². The third-order valence-electron chi connectivity index (χ3n) is 1.29. The number of hydrogen-bond donors (Lipinski definition) is 1. The van der Waals surface area contributed by atoms with E-state index in [0.29, 0.717) is 0 Å². The fourth-order valence-electron chi connectivity index (χ4n) is 0.739. The lowest BCUT2D eigenvalue weighted by atomic mass is 10.3. The zero-order valence-electron chi connectivity index (χ0n) is 6.40. The predicted octanol–water partition coefficient (Wildman–Crippen LogP) is 3.10. The number of aromatic nitrogens is 2. The molecule has 0 radical (unpaired) electrons. The fraction of sp³-hybridized carbons (Fsp3) is 0.333. The number of alkyl halides is 5. The standard InChI is InChI=1S/C6H3F5N2S/c7-4(8)2-1-3(6(9,10)11)13-5(14)12-2/h1,4H,(H,12,13,14). The molecular formula is C6H3F5N2S. The van der Waals surface area contributed by atoms with Crippen molar-refractivity contribution in [2.24, 2.45) is 0 Å². The number of hydrogen-bond acceptors (Lipinski definition) is 2. The lowest BCUT2D eigenvalue weighted by Crippen LogP contribution is -2.10. The third-order valence-corrected chi connectivity index (χ3v) is 1.48. The Balaban J connectivity index is 3.28. The zero-order valence-corrected chi connectivity index (χ0v) is 7.22. The van der Waals surface area contributed by atoms with Gasteiger partial charge in [0.25, 0.3) is 6.43 Å². The number of rotatable bonds is 1. The second-order valence-electron chi connectivity index (χ2n) is 2.33. The summed E-state index contributed by atoms with van der Waals surface area (Å²) in [6.45, 7) is 0. The molecule has 14 heavy (non-hydrogen) atoms. The molecule has 1 N–H and O–H groups in total. The second-order valence-corrected chi connectivity index (χ2v) is 2.71. The van der Waals surface area contributed by atoms with Crippen molar-refractivity contribution < 1.29 is 22.0 Å². The van der Waals surface area contributed by atoms with Crippen LogP contribution in [0.1, 0.15) is 17.8 Å². The van der Waals surface area contributed by atoms with Crippen LogP contribution < -0.4 is 0 Å². The van der Waals surface area contributed by atoms with Crippen LogP contribution in [-0.4, -0.2) is 9.97 Å². The van der Waals surface area contributed by atoms with E-state index in [1.54, 1.807) is 0 Å². The molecular weight excluding hydrogens is 227 g/mol. The van der Waals surface area contributed by atoms with Crippen molar-refractivity contribution in [3.05, 3.63) is 22.2 Å². The maximum Gasteiger partial charge on any atom is 0.433 e. The van der Waals surface area contributed by atoms with E-state index in [2.05, 4.69) is 17.2 Å². The van der Waals surface area contributed by atoms with Crippen LogP contribution >= 0.6 is 12.2 Å². The van der Waals surface area contributed by atoms with E-state index < -0.39 is 28.8 Å². The van der Waals surface area contributed by atoms with Gasteiger partial charge in [-0.05, 0) is 18.3 Å². The van der Waals surface area contributed by atoms with E-state index >= 15 is 0 Å². The first-order chi connectivity index (χ1) is 6.30. The molecule has 0 aliphatic rings. The van der Waals surface area contributed by atoms with Gasteiger partial charge in [0.1, 0.15) is 5.69 Å². The Morgan fingerprint density at radius 1 is 1.36 bits per heavy atom. The minimum Gasteiger partial charge on any atom is -0.329 e. The van der Waals surface area contributed by atoms with Gasteiger partial charge in [0.2, 0.25) is 0 Å². The van der Waals surface area contributed by atoms with Crippen LogP contribution in [0, 0.1) is 4.77 Å². The number of aromatic amines is 1. The van der Waals surface area contributed by atoms with Gasteiger partial charge in [0, 0.05) is 0 Å². The largest absolute Gasteiger partial charge is 0.433 e. The molecule has 1 aromatic rings. The zero-order chi connectivity index (χ0) is 10.9. The quantitative estimate of drug-likeness (QED) is 0.593. The average Bonchev–Trinajstić information content (AvgIpc) is 2.01. The Bertz CT molecular complexity index is 383. The molecule has 8 heteroatoms. The van der Waals surface area contributed by atoms with E-state index in [9.17, 15) is 22.0 Å². The molecule has 0 unspecified atom stereocenters. The maximum atomic E-state index is 12.0. The van der Waals surface area contributed by atoms with Crippen molar-refractivity contribution in [1.29, 1.82) is 0 Å². The van der Waals surface area contributed by atoms with Gasteiger partial charge in [0.15, 0.2) is 4.77 Å². The van der Waals surface area contributed by atoms with Crippen LogP contribution in [-0.2, 0) is 6.18 Å². The van der Waals surface area contributed by atoms with Crippen molar-refractivity contribution >= 4 is 12.2 Å². The minimum absolute atomic E-state index is 0.237. The summed E-state index contributed by atoms with van der Waals surface area (Å²) < 4.78 is 59.6. The second kappa shape index (κ2) is 3.60. The van der Waals surface area contributed by atoms with Gasteiger partial charge in [-0.2, -0.15) is 13.2 Å². The first kappa shape index (κ1) is 11.0.